The van der Waals surface area contributed by atoms with E-state index in [1.165, 1.54) is 5.56 Å². The largest absolute Gasteiger partial charge is 0.257 e. The van der Waals surface area contributed by atoms with E-state index in [1.54, 1.807) is 0 Å². The monoisotopic (exact) mass is 266 g/mol. The number of hydrogen-bond donors (Lipinski definition) is 0. The summed E-state index contributed by atoms with van der Waals surface area (Å²) >= 11 is 0. The Morgan fingerprint density at radius 2 is 1.60 bits per heavy atom. The summed E-state index contributed by atoms with van der Waals surface area (Å²) in [6.07, 6.45) is 6.07. The van der Waals surface area contributed by atoms with Gasteiger partial charge in [-0.1, -0.05) is 64.1 Å². The molecule has 0 aliphatic rings. The first-order chi connectivity index (χ1) is 9.58. The van der Waals surface area contributed by atoms with Crippen LogP contribution in [0.3, 0.4) is 0 Å². The summed E-state index contributed by atoms with van der Waals surface area (Å²) in [5, 5.41) is 0. The molecule has 0 unspecified atom stereocenters. The zero-order valence-corrected chi connectivity index (χ0v) is 12.7. The lowest BCUT2D eigenvalue weighted by Gasteiger charge is -2.11. The molecule has 20 heavy (non-hydrogen) atoms. The van der Waals surface area contributed by atoms with Crippen LogP contribution in [0.2, 0.25) is 0 Å². The molecule has 1 aromatic heterocycles. The van der Waals surface area contributed by atoms with Crippen molar-refractivity contribution < 1.29 is 0 Å². The van der Waals surface area contributed by atoms with Gasteiger partial charge in [0, 0.05) is 6.20 Å². The van der Waals surface area contributed by atoms with Gasteiger partial charge in [0.1, 0.15) is 0 Å². The van der Waals surface area contributed by atoms with Crippen LogP contribution in [0.15, 0.2) is 36.5 Å². The fourth-order valence-electron chi connectivity index (χ4n) is 2.01. The van der Waals surface area contributed by atoms with Crippen LogP contribution in [0.5, 0.6) is 0 Å². The highest BCUT2D eigenvalue weighted by Gasteiger charge is 2.10. The van der Waals surface area contributed by atoms with Crippen LogP contribution in [0.4, 0.5) is 0 Å². The molecule has 1 heterocycles. The fraction of sp³-hybridized carbons (Fsp3) is 0.333. The summed E-state index contributed by atoms with van der Waals surface area (Å²) in [6.45, 7) is 8.59. The standard InChI is InChI=1S/C18H22N2/c1-13(2)17-12-19-18(14(3)4)16(20-17)11-10-15-8-6-5-7-9-15/h5-14H,1-4H3/b11-10+. The molecule has 0 N–H and O–H groups in total. The summed E-state index contributed by atoms with van der Waals surface area (Å²) in [7, 11) is 0. The number of nitrogens with zero attached hydrogens (tertiary/aromatic N) is 2. The van der Waals surface area contributed by atoms with Crippen LogP contribution in [-0.2, 0) is 0 Å². The molecule has 0 bridgehead atoms. The molecule has 1 aromatic carbocycles. The minimum Gasteiger partial charge on any atom is -0.257 e. The van der Waals surface area contributed by atoms with Crippen molar-refractivity contribution in [1.82, 2.24) is 9.97 Å². The second-order valence-electron chi connectivity index (χ2n) is 5.62. The van der Waals surface area contributed by atoms with Gasteiger partial charge in [0.25, 0.3) is 0 Å². The van der Waals surface area contributed by atoms with Crippen molar-refractivity contribution in [3.05, 3.63) is 59.2 Å². The number of rotatable bonds is 4. The first-order valence-corrected chi connectivity index (χ1v) is 7.18. The lowest BCUT2D eigenvalue weighted by molar-refractivity contribution is 0.763. The van der Waals surface area contributed by atoms with Crippen molar-refractivity contribution >= 4 is 12.2 Å². The molecule has 0 spiro atoms. The molecule has 0 amide bonds. The van der Waals surface area contributed by atoms with Gasteiger partial charge in [-0.05, 0) is 23.5 Å². The molecule has 0 aliphatic carbocycles. The lowest BCUT2D eigenvalue weighted by atomic mass is 10.0. The van der Waals surface area contributed by atoms with Crippen molar-refractivity contribution in [2.24, 2.45) is 0 Å². The Bertz CT molecular complexity index is 584. The average molecular weight is 266 g/mol. The van der Waals surface area contributed by atoms with Crippen LogP contribution >= 0.6 is 0 Å². The second-order valence-corrected chi connectivity index (χ2v) is 5.62. The Balaban J connectivity index is 2.37. The van der Waals surface area contributed by atoms with Gasteiger partial charge in [-0.3, -0.25) is 4.98 Å². The van der Waals surface area contributed by atoms with Gasteiger partial charge in [-0.25, -0.2) is 4.98 Å². The van der Waals surface area contributed by atoms with Gasteiger partial charge >= 0.3 is 0 Å². The van der Waals surface area contributed by atoms with Crippen molar-refractivity contribution in [1.29, 1.82) is 0 Å². The summed E-state index contributed by atoms with van der Waals surface area (Å²) in [5.74, 6) is 0.770. The van der Waals surface area contributed by atoms with Crippen molar-refractivity contribution in [2.75, 3.05) is 0 Å². The lowest BCUT2D eigenvalue weighted by Crippen LogP contribution is -2.03. The topological polar surface area (TPSA) is 25.8 Å². The quantitative estimate of drug-likeness (QED) is 0.787. The number of benzene rings is 1. The van der Waals surface area contributed by atoms with Crippen LogP contribution < -0.4 is 0 Å². The molecule has 104 valence electrons. The van der Waals surface area contributed by atoms with Crippen LogP contribution in [0, 0.1) is 0 Å². The minimum absolute atomic E-state index is 0.374. The summed E-state index contributed by atoms with van der Waals surface area (Å²) in [4.78, 5) is 9.36. The number of aromatic nitrogens is 2. The molecule has 2 aromatic rings. The summed E-state index contributed by atoms with van der Waals surface area (Å²) < 4.78 is 0. The molecule has 0 atom stereocenters. The van der Waals surface area contributed by atoms with Crippen LogP contribution in [0.25, 0.3) is 12.2 Å². The Kier molecular flexibility index (Phi) is 4.67. The highest BCUT2D eigenvalue weighted by Crippen LogP contribution is 2.20. The van der Waals surface area contributed by atoms with E-state index in [4.69, 9.17) is 4.98 Å². The Labute approximate surface area is 121 Å². The predicted octanol–water partition coefficient (Wildman–Crippen LogP) is 4.89. The maximum Gasteiger partial charge on any atom is 0.0851 e. The normalized spacial score (nSPS) is 11.7. The minimum atomic E-state index is 0.374. The van der Waals surface area contributed by atoms with E-state index in [1.807, 2.05) is 24.4 Å². The van der Waals surface area contributed by atoms with E-state index < -0.39 is 0 Å². The first kappa shape index (κ1) is 14.4. The molecule has 2 heteroatoms. The zero-order chi connectivity index (χ0) is 14.5. The van der Waals surface area contributed by atoms with E-state index in [0.717, 1.165) is 17.1 Å². The third kappa shape index (κ3) is 3.53. The highest BCUT2D eigenvalue weighted by molar-refractivity contribution is 5.69. The highest BCUT2D eigenvalue weighted by atomic mass is 14.8. The molecule has 2 nitrogen and oxygen atoms in total. The molecular formula is C18H22N2. The first-order valence-electron chi connectivity index (χ1n) is 7.18. The van der Waals surface area contributed by atoms with Crippen molar-refractivity contribution in [2.45, 2.75) is 39.5 Å². The maximum absolute atomic E-state index is 4.76. The van der Waals surface area contributed by atoms with Gasteiger partial charge in [0.2, 0.25) is 0 Å². The Hall–Kier alpha value is -1.96. The molecule has 0 aliphatic heterocycles. The SMILES string of the molecule is CC(C)c1cnc(C(C)C)c(/C=C/c2ccccc2)n1. The van der Waals surface area contributed by atoms with E-state index in [0.29, 0.717) is 11.8 Å². The average Bonchev–Trinajstić information content (AvgIpc) is 2.45. The van der Waals surface area contributed by atoms with Crippen LogP contribution in [0.1, 0.15) is 62.2 Å². The fourth-order valence-corrected chi connectivity index (χ4v) is 2.01. The molecule has 0 fully saturated rings. The maximum atomic E-state index is 4.76. The van der Waals surface area contributed by atoms with Crippen LogP contribution in [-0.4, -0.2) is 9.97 Å². The molecule has 0 saturated carbocycles. The molecular weight excluding hydrogens is 244 g/mol. The predicted molar refractivity (Wildman–Crippen MR) is 85.6 cm³/mol. The van der Waals surface area contributed by atoms with Crippen molar-refractivity contribution in [3.8, 4) is 0 Å². The smallest absolute Gasteiger partial charge is 0.0851 e. The summed E-state index contributed by atoms with van der Waals surface area (Å²) in [6, 6.07) is 10.3. The summed E-state index contributed by atoms with van der Waals surface area (Å²) in [5.41, 5.74) is 4.26. The number of hydrogen-bond acceptors (Lipinski definition) is 2. The Morgan fingerprint density at radius 3 is 2.20 bits per heavy atom. The van der Waals surface area contributed by atoms with Gasteiger partial charge in [0.05, 0.1) is 17.1 Å². The van der Waals surface area contributed by atoms with E-state index in [9.17, 15) is 0 Å². The van der Waals surface area contributed by atoms with E-state index in [-0.39, 0.29) is 0 Å². The van der Waals surface area contributed by atoms with E-state index >= 15 is 0 Å². The van der Waals surface area contributed by atoms with E-state index in [2.05, 4.69) is 57.0 Å². The van der Waals surface area contributed by atoms with Gasteiger partial charge in [-0.15, -0.1) is 0 Å². The Morgan fingerprint density at radius 1 is 0.900 bits per heavy atom. The van der Waals surface area contributed by atoms with Gasteiger partial charge in [0.15, 0.2) is 0 Å². The molecule has 0 radical (unpaired) electrons. The van der Waals surface area contributed by atoms with Crippen molar-refractivity contribution in [3.63, 3.8) is 0 Å². The second kappa shape index (κ2) is 6.47. The third-order valence-electron chi connectivity index (χ3n) is 3.22. The third-order valence-corrected chi connectivity index (χ3v) is 3.22. The zero-order valence-electron chi connectivity index (χ0n) is 12.7. The molecule has 0 saturated heterocycles. The van der Waals surface area contributed by atoms with Gasteiger partial charge < -0.3 is 0 Å². The molecule has 2 rings (SSSR count). The van der Waals surface area contributed by atoms with Gasteiger partial charge in [-0.2, -0.15) is 0 Å².